The van der Waals surface area contributed by atoms with Crippen molar-refractivity contribution in [2.75, 3.05) is 26.2 Å². The molecule has 2 rings (SSSR count). The molecule has 0 aliphatic heterocycles. The van der Waals surface area contributed by atoms with Gasteiger partial charge in [0, 0.05) is 5.02 Å². The van der Waals surface area contributed by atoms with Gasteiger partial charge in [0.2, 0.25) is 0 Å². The van der Waals surface area contributed by atoms with E-state index in [1.54, 1.807) is 6.07 Å². The molecule has 0 saturated carbocycles. The number of phenols is 2. The molecular weight excluding hydrogens is 475 g/mol. The summed E-state index contributed by atoms with van der Waals surface area (Å²) in [6.45, 7) is 3.84. The fraction of sp³-hybridized carbons (Fsp3) is 0.455. The molecule has 0 radical (unpaired) electrons. The zero-order valence-corrected chi connectivity index (χ0v) is 19.8. The molecule has 7 heteroatoms. The summed E-state index contributed by atoms with van der Waals surface area (Å²) in [4.78, 5) is 0. The van der Waals surface area contributed by atoms with E-state index in [0.717, 1.165) is 56.0 Å². The number of phenolic OH excluding ortho intramolecular Hbond substituents is 2. The normalized spacial score (nSPS) is 10.7. The van der Waals surface area contributed by atoms with Gasteiger partial charge in [0.1, 0.15) is 0 Å². The van der Waals surface area contributed by atoms with E-state index in [9.17, 15) is 10.2 Å². The standard InChI is InChI=1S/C22H30Cl2N2O2.BrH/c23-19-8-5-17(6-9-19)11-15-25-13-3-1-2-4-14-26-16-12-18-7-10-20(27)22(28)21(18)24;/h5-10,25-28H,1-4,11-16H2;1H. The topological polar surface area (TPSA) is 64.5 Å². The van der Waals surface area contributed by atoms with Crippen LogP contribution in [0.15, 0.2) is 36.4 Å². The van der Waals surface area contributed by atoms with E-state index in [-0.39, 0.29) is 33.5 Å². The number of unbranched alkanes of at least 4 members (excludes halogenated alkanes) is 3. The lowest BCUT2D eigenvalue weighted by molar-refractivity contribution is 0.403. The Morgan fingerprint density at radius 3 is 1.90 bits per heavy atom. The number of hydrogen-bond acceptors (Lipinski definition) is 4. The average Bonchev–Trinajstić information content (AvgIpc) is 2.70. The van der Waals surface area contributed by atoms with E-state index in [2.05, 4.69) is 22.8 Å². The van der Waals surface area contributed by atoms with E-state index in [4.69, 9.17) is 23.2 Å². The third kappa shape index (κ3) is 10.1. The van der Waals surface area contributed by atoms with Crippen molar-refractivity contribution in [1.82, 2.24) is 10.6 Å². The highest BCUT2D eigenvalue weighted by molar-refractivity contribution is 8.93. The number of rotatable bonds is 13. The molecule has 0 aliphatic rings. The molecule has 0 saturated heterocycles. The Labute approximate surface area is 194 Å². The zero-order valence-electron chi connectivity index (χ0n) is 16.6. The molecule has 0 heterocycles. The third-order valence-electron chi connectivity index (χ3n) is 4.71. The van der Waals surface area contributed by atoms with Gasteiger partial charge in [-0.2, -0.15) is 0 Å². The first kappa shape index (κ1) is 26.1. The van der Waals surface area contributed by atoms with Gasteiger partial charge in [-0.3, -0.25) is 0 Å². The maximum absolute atomic E-state index is 9.62. The van der Waals surface area contributed by atoms with Crippen molar-refractivity contribution in [2.24, 2.45) is 0 Å². The van der Waals surface area contributed by atoms with Crippen LogP contribution >= 0.6 is 40.2 Å². The van der Waals surface area contributed by atoms with Crippen molar-refractivity contribution in [3.05, 3.63) is 57.6 Å². The number of benzene rings is 2. The molecule has 2 aromatic rings. The fourth-order valence-corrected chi connectivity index (χ4v) is 3.38. The Hall–Kier alpha value is -0.980. The highest BCUT2D eigenvalue weighted by Crippen LogP contribution is 2.35. The van der Waals surface area contributed by atoms with Crippen LogP contribution in [0.25, 0.3) is 0 Å². The molecular formula is C22H31BrCl2N2O2. The predicted molar refractivity (Wildman–Crippen MR) is 128 cm³/mol. The van der Waals surface area contributed by atoms with Crippen LogP contribution in [-0.2, 0) is 12.8 Å². The first-order valence-corrected chi connectivity index (χ1v) is 10.7. The summed E-state index contributed by atoms with van der Waals surface area (Å²) in [5.74, 6) is -0.415. The molecule has 0 fully saturated rings. The number of hydrogen-bond donors (Lipinski definition) is 4. The van der Waals surface area contributed by atoms with E-state index in [0.29, 0.717) is 0 Å². The SMILES string of the molecule is Br.Oc1ccc(CCNCCCCCCNCCc2ccc(Cl)cc2)c(Cl)c1O. The molecule has 4 N–H and O–H groups in total. The van der Waals surface area contributed by atoms with Gasteiger partial charge in [-0.1, -0.05) is 54.2 Å². The molecule has 0 atom stereocenters. The predicted octanol–water partition coefficient (Wildman–Crippen LogP) is 5.51. The van der Waals surface area contributed by atoms with Crippen LogP contribution in [0.4, 0.5) is 0 Å². The lowest BCUT2D eigenvalue weighted by Crippen LogP contribution is -2.19. The molecule has 0 spiro atoms. The monoisotopic (exact) mass is 504 g/mol. The third-order valence-corrected chi connectivity index (χ3v) is 5.38. The Balaban J connectivity index is 0.00000420. The minimum atomic E-state index is -0.235. The lowest BCUT2D eigenvalue weighted by atomic mass is 10.1. The molecule has 0 amide bonds. The van der Waals surface area contributed by atoms with Crippen molar-refractivity contribution >= 4 is 40.2 Å². The van der Waals surface area contributed by atoms with E-state index in [1.165, 1.54) is 30.9 Å². The summed E-state index contributed by atoms with van der Waals surface area (Å²) < 4.78 is 0. The van der Waals surface area contributed by atoms with Gasteiger partial charge in [0.15, 0.2) is 11.5 Å². The van der Waals surface area contributed by atoms with Crippen LogP contribution < -0.4 is 10.6 Å². The van der Waals surface area contributed by atoms with Crippen LogP contribution in [-0.4, -0.2) is 36.4 Å². The van der Waals surface area contributed by atoms with E-state index >= 15 is 0 Å². The Morgan fingerprint density at radius 2 is 1.28 bits per heavy atom. The van der Waals surface area contributed by atoms with Gasteiger partial charge >= 0.3 is 0 Å². The summed E-state index contributed by atoms with van der Waals surface area (Å²) in [5.41, 5.74) is 2.15. The van der Waals surface area contributed by atoms with Crippen molar-refractivity contribution in [2.45, 2.75) is 38.5 Å². The molecule has 162 valence electrons. The first-order chi connectivity index (χ1) is 13.6. The summed E-state index contributed by atoms with van der Waals surface area (Å²) in [5, 5.41) is 26.9. The molecule has 0 aromatic heterocycles. The van der Waals surface area contributed by atoms with Gasteiger partial charge in [-0.15, -0.1) is 17.0 Å². The fourth-order valence-electron chi connectivity index (χ4n) is 3.00. The Kier molecular flexibility index (Phi) is 13.4. The van der Waals surface area contributed by atoms with Crippen molar-refractivity contribution in [3.63, 3.8) is 0 Å². The maximum Gasteiger partial charge on any atom is 0.176 e. The van der Waals surface area contributed by atoms with Gasteiger partial charge in [-0.25, -0.2) is 0 Å². The summed E-state index contributed by atoms with van der Waals surface area (Å²) in [6.07, 6.45) is 6.55. The molecule has 0 aliphatic carbocycles. The van der Waals surface area contributed by atoms with Crippen LogP contribution in [0, 0.1) is 0 Å². The second-order valence-electron chi connectivity index (χ2n) is 6.95. The number of aromatic hydroxyl groups is 2. The van der Waals surface area contributed by atoms with Crippen molar-refractivity contribution in [1.29, 1.82) is 0 Å². The molecule has 2 aromatic carbocycles. The molecule has 0 bridgehead atoms. The number of halogens is 3. The zero-order chi connectivity index (χ0) is 20.2. The minimum Gasteiger partial charge on any atom is -0.504 e. The lowest BCUT2D eigenvalue weighted by Gasteiger charge is -2.09. The second-order valence-corrected chi connectivity index (χ2v) is 7.76. The quantitative estimate of drug-likeness (QED) is 0.214. The van der Waals surface area contributed by atoms with E-state index in [1.807, 2.05) is 12.1 Å². The van der Waals surface area contributed by atoms with Gasteiger partial charge in [-0.05, 0) is 81.2 Å². The highest BCUT2D eigenvalue weighted by atomic mass is 79.9. The van der Waals surface area contributed by atoms with Crippen LogP contribution in [0.3, 0.4) is 0 Å². The van der Waals surface area contributed by atoms with Crippen molar-refractivity contribution in [3.8, 4) is 11.5 Å². The van der Waals surface area contributed by atoms with Crippen LogP contribution in [0.5, 0.6) is 11.5 Å². The van der Waals surface area contributed by atoms with Gasteiger partial charge < -0.3 is 20.8 Å². The molecule has 29 heavy (non-hydrogen) atoms. The largest absolute Gasteiger partial charge is 0.504 e. The average molecular weight is 506 g/mol. The van der Waals surface area contributed by atoms with Crippen LogP contribution in [0.1, 0.15) is 36.8 Å². The summed E-state index contributed by atoms with van der Waals surface area (Å²) in [6, 6.07) is 11.3. The van der Waals surface area contributed by atoms with Crippen LogP contribution in [0.2, 0.25) is 10.0 Å². The molecule has 4 nitrogen and oxygen atoms in total. The Bertz CT molecular complexity index is 715. The Morgan fingerprint density at radius 1 is 0.690 bits per heavy atom. The maximum atomic E-state index is 9.62. The smallest absolute Gasteiger partial charge is 0.176 e. The van der Waals surface area contributed by atoms with E-state index < -0.39 is 0 Å². The molecule has 0 unspecified atom stereocenters. The number of nitrogens with one attached hydrogen (secondary N) is 2. The minimum absolute atomic E-state index is 0. The van der Waals surface area contributed by atoms with Gasteiger partial charge in [0.25, 0.3) is 0 Å². The van der Waals surface area contributed by atoms with Gasteiger partial charge in [0.05, 0.1) is 5.02 Å². The summed E-state index contributed by atoms with van der Waals surface area (Å²) >= 11 is 11.9. The first-order valence-electron chi connectivity index (χ1n) is 9.93. The highest BCUT2D eigenvalue weighted by Gasteiger charge is 2.09. The van der Waals surface area contributed by atoms with Crippen molar-refractivity contribution < 1.29 is 10.2 Å². The second kappa shape index (κ2) is 14.9. The summed E-state index contributed by atoms with van der Waals surface area (Å²) in [7, 11) is 0.